The number of ether oxygens (including phenoxy) is 1. The van der Waals surface area contributed by atoms with Crippen LogP contribution in [0.3, 0.4) is 0 Å². The highest BCUT2D eigenvalue weighted by molar-refractivity contribution is 6.42. The monoisotopic (exact) mass is 334 g/mol. The van der Waals surface area contributed by atoms with Crippen LogP contribution in [0.25, 0.3) is 11.1 Å². The summed E-state index contributed by atoms with van der Waals surface area (Å²) in [5, 5.41) is 0.453. The van der Waals surface area contributed by atoms with Crippen molar-refractivity contribution in [1.29, 1.82) is 0 Å². The van der Waals surface area contributed by atoms with Gasteiger partial charge >= 0.3 is 6.36 Å². The maximum Gasteiger partial charge on any atom is 0.573 e. The van der Waals surface area contributed by atoms with E-state index in [1.807, 2.05) is 0 Å². The van der Waals surface area contributed by atoms with Crippen molar-refractivity contribution in [3.05, 3.63) is 52.0 Å². The average Bonchev–Trinajstić information content (AvgIpc) is 2.41. The summed E-state index contributed by atoms with van der Waals surface area (Å²) in [6.45, 7) is 0. The molecule has 0 aliphatic carbocycles. The minimum absolute atomic E-state index is 0.0930. The lowest BCUT2D eigenvalue weighted by Crippen LogP contribution is -2.17. The largest absolute Gasteiger partial charge is 0.573 e. The van der Waals surface area contributed by atoms with Crippen molar-refractivity contribution < 1.29 is 22.7 Å². The average molecular weight is 335 g/mol. The van der Waals surface area contributed by atoms with Gasteiger partial charge in [-0.15, -0.1) is 13.2 Å². The van der Waals surface area contributed by atoms with E-state index in [0.29, 0.717) is 11.8 Å². The molecule has 110 valence electrons. The lowest BCUT2D eigenvalue weighted by molar-refractivity contribution is -0.274. The number of hydrogen-bond acceptors (Lipinski definition) is 2. The van der Waals surface area contributed by atoms with E-state index in [0.717, 1.165) is 6.07 Å². The molecule has 0 saturated heterocycles. The van der Waals surface area contributed by atoms with Gasteiger partial charge in [-0.2, -0.15) is 0 Å². The molecular weight excluding hydrogens is 328 g/mol. The van der Waals surface area contributed by atoms with Crippen molar-refractivity contribution in [3.63, 3.8) is 0 Å². The first kappa shape index (κ1) is 15.7. The Morgan fingerprint density at radius 2 is 1.71 bits per heavy atom. The van der Waals surface area contributed by atoms with Crippen LogP contribution in [-0.4, -0.2) is 12.6 Å². The van der Waals surface area contributed by atoms with E-state index >= 15 is 0 Å². The Morgan fingerprint density at radius 1 is 1.00 bits per heavy atom. The van der Waals surface area contributed by atoms with Gasteiger partial charge < -0.3 is 4.74 Å². The van der Waals surface area contributed by atoms with Gasteiger partial charge in [0.25, 0.3) is 0 Å². The maximum atomic E-state index is 12.4. The van der Waals surface area contributed by atoms with Crippen LogP contribution >= 0.6 is 23.2 Å². The predicted octanol–water partition coefficient (Wildman–Crippen LogP) is 5.37. The van der Waals surface area contributed by atoms with Crippen molar-refractivity contribution in [1.82, 2.24) is 0 Å². The molecular formula is C14H7Cl2F3O2. The fraction of sp³-hybridized carbons (Fsp3) is 0.0714. The molecule has 2 nitrogen and oxygen atoms in total. The second kappa shape index (κ2) is 5.95. The third-order valence-corrected chi connectivity index (χ3v) is 3.34. The van der Waals surface area contributed by atoms with E-state index in [9.17, 15) is 18.0 Å². The number of hydrogen-bond donors (Lipinski definition) is 0. The van der Waals surface area contributed by atoms with Crippen LogP contribution in [0.15, 0.2) is 36.4 Å². The lowest BCUT2D eigenvalue weighted by atomic mass is 10.0. The van der Waals surface area contributed by atoms with Gasteiger partial charge in [0, 0.05) is 11.1 Å². The van der Waals surface area contributed by atoms with Crippen LogP contribution in [0.2, 0.25) is 10.0 Å². The zero-order valence-electron chi connectivity index (χ0n) is 10.2. The van der Waals surface area contributed by atoms with Gasteiger partial charge in [-0.25, -0.2) is 0 Å². The van der Waals surface area contributed by atoms with Gasteiger partial charge in [0.15, 0.2) is 0 Å². The summed E-state index contributed by atoms with van der Waals surface area (Å²) in [6, 6.07) is 7.93. The highest BCUT2D eigenvalue weighted by Gasteiger charge is 2.32. The van der Waals surface area contributed by atoms with Crippen molar-refractivity contribution >= 4 is 29.5 Å². The fourth-order valence-corrected chi connectivity index (χ4v) is 2.02. The first-order chi connectivity index (χ1) is 9.80. The Labute approximate surface area is 128 Å². The molecule has 0 spiro atoms. The smallest absolute Gasteiger partial charge is 0.405 e. The number of benzene rings is 2. The summed E-state index contributed by atoms with van der Waals surface area (Å²) >= 11 is 11.6. The Bertz CT molecular complexity index is 684. The molecule has 0 atom stereocenters. The molecule has 0 heterocycles. The van der Waals surface area contributed by atoms with Gasteiger partial charge in [-0.1, -0.05) is 29.3 Å². The highest BCUT2D eigenvalue weighted by atomic mass is 35.5. The van der Waals surface area contributed by atoms with Crippen LogP contribution in [0.4, 0.5) is 13.2 Å². The second-order valence-electron chi connectivity index (χ2n) is 4.05. The molecule has 2 aromatic carbocycles. The molecule has 2 aromatic rings. The summed E-state index contributed by atoms with van der Waals surface area (Å²) in [5.41, 5.74) is 0.661. The molecule has 7 heteroatoms. The number of alkyl halides is 3. The second-order valence-corrected chi connectivity index (χ2v) is 4.86. The van der Waals surface area contributed by atoms with Crippen LogP contribution in [0.1, 0.15) is 10.4 Å². The van der Waals surface area contributed by atoms with Crippen LogP contribution in [0, 0.1) is 0 Å². The number of carbonyl (C=O) groups excluding carboxylic acids is 1. The number of rotatable bonds is 3. The zero-order valence-corrected chi connectivity index (χ0v) is 11.8. The molecule has 0 amide bonds. The van der Waals surface area contributed by atoms with Gasteiger partial charge in [-0.3, -0.25) is 4.79 Å². The molecule has 2 rings (SSSR count). The van der Waals surface area contributed by atoms with E-state index in [1.54, 1.807) is 0 Å². The minimum Gasteiger partial charge on any atom is -0.405 e. The molecule has 0 saturated carbocycles. The quantitative estimate of drug-likeness (QED) is 0.705. The molecule has 21 heavy (non-hydrogen) atoms. The first-order valence-corrected chi connectivity index (χ1v) is 6.36. The van der Waals surface area contributed by atoms with E-state index < -0.39 is 12.1 Å². The van der Waals surface area contributed by atoms with Gasteiger partial charge in [0.05, 0.1) is 10.0 Å². The van der Waals surface area contributed by atoms with Gasteiger partial charge in [0.2, 0.25) is 0 Å². The summed E-state index contributed by atoms with van der Waals surface area (Å²) < 4.78 is 41.2. The van der Waals surface area contributed by atoms with Crippen molar-refractivity contribution in [2.24, 2.45) is 0 Å². The fourth-order valence-electron chi connectivity index (χ4n) is 1.72. The van der Waals surface area contributed by atoms with E-state index in [-0.39, 0.29) is 21.2 Å². The van der Waals surface area contributed by atoms with Crippen LogP contribution < -0.4 is 4.74 Å². The molecule has 0 unspecified atom stereocenters. The summed E-state index contributed by atoms with van der Waals surface area (Å²) in [4.78, 5) is 10.8. The van der Waals surface area contributed by atoms with Crippen LogP contribution in [-0.2, 0) is 0 Å². The lowest BCUT2D eigenvalue weighted by Gasteiger charge is -2.14. The normalized spacial score (nSPS) is 11.3. The molecule has 0 bridgehead atoms. The molecule has 0 aliphatic heterocycles. The van der Waals surface area contributed by atoms with Crippen molar-refractivity contribution in [2.45, 2.75) is 6.36 Å². The zero-order chi connectivity index (χ0) is 15.6. The third-order valence-electron chi connectivity index (χ3n) is 2.60. The SMILES string of the molecule is O=Cc1ccc(OC(F)(F)F)c(-c2ccc(Cl)c(Cl)c2)c1. The molecule has 0 aliphatic rings. The van der Waals surface area contributed by atoms with Crippen molar-refractivity contribution in [3.8, 4) is 16.9 Å². The summed E-state index contributed by atoms with van der Waals surface area (Å²) in [5.74, 6) is -0.425. The predicted molar refractivity (Wildman–Crippen MR) is 74.0 cm³/mol. The molecule has 0 N–H and O–H groups in total. The maximum absolute atomic E-state index is 12.4. The topological polar surface area (TPSA) is 26.3 Å². The van der Waals surface area contributed by atoms with Gasteiger partial charge in [-0.05, 0) is 35.9 Å². The first-order valence-electron chi connectivity index (χ1n) is 5.60. The number of aldehydes is 1. The van der Waals surface area contributed by atoms with E-state index in [4.69, 9.17) is 23.2 Å². The Hall–Kier alpha value is -1.72. The summed E-state index contributed by atoms with van der Waals surface area (Å²) in [6.07, 6.45) is -4.31. The van der Waals surface area contributed by atoms with E-state index in [2.05, 4.69) is 4.74 Å². The third kappa shape index (κ3) is 3.89. The molecule has 0 fully saturated rings. The Balaban J connectivity index is 2.57. The molecule has 0 radical (unpaired) electrons. The standard InChI is InChI=1S/C14H7Cl2F3O2/c15-11-3-2-9(6-12(11)16)10-5-8(7-20)1-4-13(10)21-14(17,18)19/h1-7H. The van der Waals surface area contributed by atoms with E-state index in [1.165, 1.54) is 30.3 Å². The minimum atomic E-state index is -4.84. The number of carbonyl (C=O) groups is 1. The van der Waals surface area contributed by atoms with Crippen LogP contribution in [0.5, 0.6) is 5.75 Å². The van der Waals surface area contributed by atoms with Crippen molar-refractivity contribution in [2.75, 3.05) is 0 Å². The number of halogens is 5. The Kier molecular flexibility index (Phi) is 4.44. The Morgan fingerprint density at radius 3 is 2.29 bits per heavy atom. The van der Waals surface area contributed by atoms with Gasteiger partial charge in [0.1, 0.15) is 12.0 Å². The summed E-state index contributed by atoms with van der Waals surface area (Å²) in [7, 11) is 0. The highest BCUT2D eigenvalue weighted by Crippen LogP contribution is 2.36. The molecule has 0 aromatic heterocycles.